The van der Waals surface area contributed by atoms with Crippen LogP contribution < -0.4 is 5.32 Å². The zero-order valence-corrected chi connectivity index (χ0v) is 14.8. The quantitative estimate of drug-likeness (QED) is 0.592. The molecular weight excluding hydrogens is 352 g/mol. The van der Waals surface area contributed by atoms with Gasteiger partial charge in [0.05, 0.1) is 12.8 Å². The van der Waals surface area contributed by atoms with Crippen molar-refractivity contribution in [1.82, 2.24) is 10.3 Å². The number of fused-ring (bicyclic) bond motifs is 1. The minimum Gasteiger partial charge on any atom is -0.481 e. The summed E-state index contributed by atoms with van der Waals surface area (Å²) in [7, 11) is 0. The number of aromatic amines is 1. The summed E-state index contributed by atoms with van der Waals surface area (Å²) in [6.45, 7) is 0.259. The van der Waals surface area contributed by atoms with Crippen LogP contribution in [-0.2, 0) is 16.0 Å². The van der Waals surface area contributed by atoms with Gasteiger partial charge in [0.25, 0.3) is 0 Å². The normalized spacial score (nSPS) is 12.0. The second kappa shape index (κ2) is 8.06. The third kappa shape index (κ3) is 4.43. The Balaban J connectivity index is 1.65. The topological polar surface area (TPSA) is 82.2 Å². The van der Waals surface area contributed by atoms with Crippen molar-refractivity contribution >= 4 is 34.4 Å². The third-order valence-corrected chi connectivity index (χ3v) is 4.59. The summed E-state index contributed by atoms with van der Waals surface area (Å²) in [4.78, 5) is 26.6. The van der Waals surface area contributed by atoms with E-state index >= 15 is 0 Å². The lowest BCUT2D eigenvalue weighted by molar-refractivity contribution is -0.137. The molecule has 0 aliphatic rings. The molecule has 0 aliphatic carbocycles. The van der Waals surface area contributed by atoms with Gasteiger partial charge in [0.1, 0.15) is 0 Å². The summed E-state index contributed by atoms with van der Waals surface area (Å²) in [6, 6.07) is 14.8. The van der Waals surface area contributed by atoms with Gasteiger partial charge in [-0.15, -0.1) is 0 Å². The molecule has 0 saturated carbocycles. The highest BCUT2D eigenvalue weighted by atomic mass is 35.5. The largest absolute Gasteiger partial charge is 0.481 e. The Morgan fingerprint density at radius 2 is 1.85 bits per heavy atom. The molecule has 1 atom stereocenters. The first-order chi connectivity index (χ1) is 12.5. The zero-order chi connectivity index (χ0) is 18.5. The van der Waals surface area contributed by atoms with Crippen LogP contribution in [0, 0.1) is 0 Å². The molecule has 1 aromatic heterocycles. The molecule has 5 nitrogen and oxygen atoms in total. The average Bonchev–Trinajstić information content (AvgIpc) is 3.02. The molecule has 1 heterocycles. The number of nitrogens with one attached hydrogen (secondary N) is 2. The SMILES string of the molecule is O=C(O)C[C@H](CNC(=O)Cc1c[nH]c2ccccc12)c1ccc(Cl)cc1. The lowest BCUT2D eigenvalue weighted by Crippen LogP contribution is -2.30. The van der Waals surface area contributed by atoms with Crippen molar-refractivity contribution in [3.63, 3.8) is 0 Å². The fourth-order valence-corrected chi connectivity index (χ4v) is 3.13. The van der Waals surface area contributed by atoms with Gasteiger partial charge in [-0.25, -0.2) is 0 Å². The Bertz CT molecular complexity index is 918. The molecule has 26 heavy (non-hydrogen) atoms. The van der Waals surface area contributed by atoms with Gasteiger partial charge in [-0.3, -0.25) is 9.59 Å². The van der Waals surface area contributed by atoms with Crippen LogP contribution in [0.5, 0.6) is 0 Å². The molecule has 0 bridgehead atoms. The number of benzene rings is 2. The summed E-state index contributed by atoms with van der Waals surface area (Å²) < 4.78 is 0. The van der Waals surface area contributed by atoms with Gasteiger partial charge in [-0.2, -0.15) is 0 Å². The van der Waals surface area contributed by atoms with Gasteiger partial charge < -0.3 is 15.4 Å². The molecule has 0 unspecified atom stereocenters. The summed E-state index contributed by atoms with van der Waals surface area (Å²) in [5.41, 5.74) is 2.74. The van der Waals surface area contributed by atoms with E-state index in [4.69, 9.17) is 16.7 Å². The number of rotatable bonds is 7. The van der Waals surface area contributed by atoms with Crippen molar-refractivity contribution in [2.24, 2.45) is 0 Å². The summed E-state index contributed by atoms with van der Waals surface area (Å²) in [5.74, 6) is -1.35. The number of carbonyl (C=O) groups excluding carboxylic acids is 1. The number of amides is 1. The monoisotopic (exact) mass is 370 g/mol. The second-order valence-electron chi connectivity index (χ2n) is 6.19. The number of hydrogen-bond donors (Lipinski definition) is 3. The Kier molecular flexibility index (Phi) is 5.58. The first-order valence-corrected chi connectivity index (χ1v) is 8.69. The van der Waals surface area contributed by atoms with E-state index in [1.54, 1.807) is 24.3 Å². The number of carbonyl (C=O) groups is 2. The maximum Gasteiger partial charge on any atom is 0.304 e. The molecule has 2 aromatic carbocycles. The van der Waals surface area contributed by atoms with E-state index in [-0.39, 0.29) is 31.2 Å². The maximum atomic E-state index is 12.3. The van der Waals surface area contributed by atoms with Gasteiger partial charge in [0, 0.05) is 34.6 Å². The van der Waals surface area contributed by atoms with Crippen LogP contribution in [0.15, 0.2) is 54.7 Å². The lowest BCUT2D eigenvalue weighted by Gasteiger charge is -2.16. The molecule has 0 saturated heterocycles. The number of H-pyrrole nitrogens is 1. The van der Waals surface area contributed by atoms with E-state index in [1.807, 2.05) is 30.5 Å². The number of carboxylic acid groups (broad SMARTS) is 1. The summed E-state index contributed by atoms with van der Waals surface area (Å²) in [5, 5.41) is 13.6. The molecule has 3 aromatic rings. The fraction of sp³-hybridized carbons (Fsp3) is 0.200. The Morgan fingerprint density at radius 3 is 2.58 bits per heavy atom. The van der Waals surface area contributed by atoms with E-state index < -0.39 is 5.97 Å². The molecule has 0 spiro atoms. The molecule has 3 rings (SSSR count). The number of carboxylic acids is 1. The van der Waals surface area contributed by atoms with Crippen molar-refractivity contribution in [2.75, 3.05) is 6.54 Å². The van der Waals surface area contributed by atoms with E-state index in [0.29, 0.717) is 5.02 Å². The molecule has 0 aliphatic heterocycles. The van der Waals surface area contributed by atoms with Crippen LogP contribution in [0.3, 0.4) is 0 Å². The predicted molar refractivity (Wildman–Crippen MR) is 101 cm³/mol. The highest BCUT2D eigenvalue weighted by molar-refractivity contribution is 6.30. The molecule has 1 amide bonds. The molecule has 0 fully saturated rings. The minimum atomic E-state index is -0.907. The smallest absolute Gasteiger partial charge is 0.304 e. The molecule has 134 valence electrons. The zero-order valence-electron chi connectivity index (χ0n) is 14.0. The number of hydrogen-bond acceptors (Lipinski definition) is 2. The first kappa shape index (κ1) is 18.0. The average molecular weight is 371 g/mol. The van der Waals surface area contributed by atoms with Crippen molar-refractivity contribution in [1.29, 1.82) is 0 Å². The minimum absolute atomic E-state index is 0.0605. The van der Waals surface area contributed by atoms with Crippen LogP contribution in [-0.4, -0.2) is 28.5 Å². The Hall–Kier alpha value is -2.79. The summed E-state index contributed by atoms with van der Waals surface area (Å²) in [6.07, 6.45) is 2.01. The molecule has 0 radical (unpaired) electrons. The third-order valence-electron chi connectivity index (χ3n) is 4.33. The number of aliphatic carboxylic acids is 1. The molecule has 3 N–H and O–H groups in total. The molecular formula is C20H19ClN2O3. The van der Waals surface area contributed by atoms with Gasteiger partial charge in [-0.1, -0.05) is 41.9 Å². The fourth-order valence-electron chi connectivity index (χ4n) is 3.00. The van der Waals surface area contributed by atoms with Crippen molar-refractivity contribution in [3.05, 3.63) is 70.9 Å². The van der Waals surface area contributed by atoms with Gasteiger partial charge in [0.15, 0.2) is 0 Å². The highest BCUT2D eigenvalue weighted by Gasteiger charge is 2.17. The van der Waals surface area contributed by atoms with Crippen LogP contribution in [0.25, 0.3) is 10.9 Å². The Morgan fingerprint density at radius 1 is 1.12 bits per heavy atom. The van der Waals surface area contributed by atoms with Crippen molar-refractivity contribution in [3.8, 4) is 0 Å². The lowest BCUT2D eigenvalue weighted by atomic mass is 9.95. The highest BCUT2D eigenvalue weighted by Crippen LogP contribution is 2.22. The number of aromatic nitrogens is 1. The van der Waals surface area contributed by atoms with Crippen molar-refractivity contribution in [2.45, 2.75) is 18.8 Å². The van der Waals surface area contributed by atoms with Crippen LogP contribution in [0.4, 0.5) is 0 Å². The van der Waals surface area contributed by atoms with Crippen LogP contribution in [0.1, 0.15) is 23.5 Å². The van der Waals surface area contributed by atoms with Gasteiger partial charge >= 0.3 is 5.97 Å². The second-order valence-corrected chi connectivity index (χ2v) is 6.62. The van der Waals surface area contributed by atoms with Crippen LogP contribution >= 0.6 is 11.6 Å². The van der Waals surface area contributed by atoms with Gasteiger partial charge in [0.2, 0.25) is 5.91 Å². The predicted octanol–water partition coefficient (Wildman–Crippen LogP) is 3.74. The number of para-hydroxylation sites is 1. The van der Waals surface area contributed by atoms with Gasteiger partial charge in [-0.05, 0) is 29.3 Å². The maximum absolute atomic E-state index is 12.3. The van der Waals surface area contributed by atoms with E-state index in [2.05, 4.69) is 10.3 Å². The Labute approximate surface area is 156 Å². The number of halogens is 1. The van der Waals surface area contributed by atoms with Crippen LogP contribution in [0.2, 0.25) is 5.02 Å². The summed E-state index contributed by atoms with van der Waals surface area (Å²) >= 11 is 5.89. The van der Waals surface area contributed by atoms with Crippen molar-refractivity contribution < 1.29 is 14.7 Å². The van der Waals surface area contributed by atoms with E-state index in [0.717, 1.165) is 22.0 Å². The van der Waals surface area contributed by atoms with E-state index in [9.17, 15) is 9.59 Å². The standard InChI is InChI=1S/C20H19ClN2O3/c21-16-7-5-13(6-8-16)14(10-20(25)26)11-23-19(24)9-15-12-22-18-4-2-1-3-17(15)18/h1-8,12,14,22H,9-11H2,(H,23,24)(H,25,26)/t14-/m1/s1. The first-order valence-electron chi connectivity index (χ1n) is 8.32. The molecule has 6 heteroatoms. The van der Waals surface area contributed by atoms with E-state index in [1.165, 1.54) is 0 Å².